The number of nitrogens with two attached hydrogens (primary N) is 1. The first-order chi connectivity index (χ1) is 15.2. The van der Waals surface area contributed by atoms with Crippen LogP contribution in [0, 0.1) is 5.82 Å². The maximum atomic E-state index is 14.5. The quantitative estimate of drug-likeness (QED) is 0.436. The fourth-order valence-corrected chi connectivity index (χ4v) is 3.51. The SMILES string of the molecule is Nc1ncccc1-c1nc2ccc(-c3ccccc3)nc2n1-c1ccc(C=O)c(F)c1. The summed E-state index contributed by atoms with van der Waals surface area (Å²) >= 11 is 0. The first-order valence-corrected chi connectivity index (χ1v) is 9.56. The van der Waals surface area contributed by atoms with Crippen molar-refractivity contribution in [2.75, 3.05) is 5.73 Å². The number of pyridine rings is 2. The number of carbonyl (C=O) groups is 1. The van der Waals surface area contributed by atoms with Crippen LogP contribution in [0.15, 0.2) is 79.0 Å². The molecule has 0 saturated heterocycles. The lowest BCUT2D eigenvalue weighted by Gasteiger charge is -2.11. The van der Waals surface area contributed by atoms with E-state index in [1.807, 2.05) is 42.5 Å². The van der Waals surface area contributed by atoms with Crippen molar-refractivity contribution in [3.05, 3.63) is 90.4 Å². The van der Waals surface area contributed by atoms with E-state index in [1.54, 1.807) is 29.0 Å². The molecule has 5 rings (SSSR count). The summed E-state index contributed by atoms with van der Waals surface area (Å²) in [7, 11) is 0. The van der Waals surface area contributed by atoms with Gasteiger partial charge in [0.25, 0.3) is 0 Å². The van der Waals surface area contributed by atoms with Crippen molar-refractivity contribution in [2.45, 2.75) is 0 Å². The van der Waals surface area contributed by atoms with Gasteiger partial charge in [-0.1, -0.05) is 30.3 Å². The molecule has 150 valence electrons. The molecule has 3 aromatic heterocycles. The topological polar surface area (TPSA) is 86.7 Å². The summed E-state index contributed by atoms with van der Waals surface area (Å²) in [5.41, 5.74) is 10.0. The fraction of sp³-hybridized carbons (Fsp3) is 0. The van der Waals surface area contributed by atoms with Crippen molar-refractivity contribution in [1.29, 1.82) is 0 Å². The molecule has 6 nitrogen and oxygen atoms in total. The minimum Gasteiger partial charge on any atom is -0.383 e. The van der Waals surface area contributed by atoms with Crippen molar-refractivity contribution in [3.8, 4) is 28.3 Å². The standard InChI is InChI=1S/C24H16FN5O/c25-19-13-17(9-8-16(19)14-31)30-23(18-7-4-12-27-22(18)26)29-21-11-10-20(28-24(21)30)15-5-2-1-3-6-15/h1-14H,(H2,26,27). The van der Waals surface area contributed by atoms with Crippen molar-refractivity contribution in [2.24, 2.45) is 0 Å². The maximum Gasteiger partial charge on any atom is 0.165 e. The Bertz CT molecular complexity index is 1430. The number of nitrogen functional groups attached to an aromatic ring is 1. The van der Waals surface area contributed by atoms with Crippen molar-refractivity contribution < 1.29 is 9.18 Å². The minimum atomic E-state index is -0.626. The van der Waals surface area contributed by atoms with Crippen LogP contribution in [0.25, 0.3) is 39.5 Å². The number of imidazole rings is 1. The molecule has 0 saturated carbocycles. The van der Waals surface area contributed by atoms with Gasteiger partial charge in [-0.05, 0) is 42.5 Å². The van der Waals surface area contributed by atoms with E-state index in [9.17, 15) is 9.18 Å². The second kappa shape index (κ2) is 7.46. The predicted octanol–water partition coefficient (Wildman–Crippen LogP) is 4.68. The zero-order valence-corrected chi connectivity index (χ0v) is 16.2. The van der Waals surface area contributed by atoms with Gasteiger partial charge in [0.2, 0.25) is 0 Å². The lowest BCUT2D eigenvalue weighted by Crippen LogP contribution is -2.03. The number of fused-ring (bicyclic) bond motifs is 1. The predicted molar refractivity (Wildman–Crippen MR) is 117 cm³/mol. The molecule has 0 bridgehead atoms. The second-order valence-corrected chi connectivity index (χ2v) is 6.94. The van der Waals surface area contributed by atoms with Crippen LogP contribution in [0.2, 0.25) is 0 Å². The van der Waals surface area contributed by atoms with Gasteiger partial charge in [-0.3, -0.25) is 9.36 Å². The van der Waals surface area contributed by atoms with Gasteiger partial charge >= 0.3 is 0 Å². The van der Waals surface area contributed by atoms with E-state index in [-0.39, 0.29) is 5.56 Å². The number of anilines is 1. The molecule has 0 atom stereocenters. The van der Waals surface area contributed by atoms with E-state index in [0.29, 0.717) is 40.3 Å². The summed E-state index contributed by atoms with van der Waals surface area (Å²) in [4.78, 5) is 24.8. The van der Waals surface area contributed by atoms with Crippen LogP contribution in [-0.4, -0.2) is 25.8 Å². The molecular weight excluding hydrogens is 393 g/mol. The molecule has 5 aromatic rings. The lowest BCUT2D eigenvalue weighted by molar-refractivity contribution is 0.112. The highest BCUT2D eigenvalue weighted by molar-refractivity contribution is 5.85. The minimum absolute atomic E-state index is 0.0199. The Balaban J connectivity index is 1.82. The number of aldehydes is 1. The van der Waals surface area contributed by atoms with Crippen LogP contribution >= 0.6 is 0 Å². The van der Waals surface area contributed by atoms with Crippen molar-refractivity contribution in [3.63, 3.8) is 0 Å². The largest absolute Gasteiger partial charge is 0.383 e. The number of rotatable bonds is 4. The van der Waals surface area contributed by atoms with E-state index in [4.69, 9.17) is 15.7 Å². The maximum absolute atomic E-state index is 14.5. The molecule has 31 heavy (non-hydrogen) atoms. The zero-order chi connectivity index (χ0) is 21.4. The normalized spacial score (nSPS) is 11.0. The number of benzene rings is 2. The smallest absolute Gasteiger partial charge is 0.165 e. The lowest BCUT2D eigenvalue weighted by atomic mass is 10.1. The van der Waals surface area contributed by atoms with Crippen LogP contribution in [0.5, 0.6) is 0 Å². The van der Waals surface area contributed by atoms with E-state index >= 15 is 0 Å². The van der Waals surface area contributed by atoms with Crippen LogP contribution < -0.4 is 5.73 Å². The van der Waals surface area contributed by atoms with Gasteiger partial charge in [0, 0.05) is 11.8 Å². The van der Waals surface area contributed by atoms with Crippen LogP contribution in [0.4, 0.5) is 10.2 Å². The molecule has 0 radical (unpaired) electrons. The highest BCUT2D eigenvalue weighted by Crippen LogP contribution is 2.32. The summed E-state index contributed by atoms with van der Waals surface area (Å²) in [5, 5.41) is 0. The number of carbonyl (C=O) groups excluding carboxylic acids is 1. The van der Waals surface area contributed by atoms with Crippen molar-refractivity contribution >= 4 is 23.3 Å². The molecule has 0 aliphatic rings. The van der Waals surface area contributed by atoms with Crippen LogP contribution in [0.1, 0.15) is 10.4 Å². The van der Waals surface area contributed by atoms with E-state index in [0.717, 1.165) is 11.3 Å². The number of hydrogen-bond donors (Lipinski definition) is 1. The Kier molecular flexibility index (Phi) is 4.48. The van der Waals surface area contributed by atoms with Gasteiger partial charge in [-0.2, -0.15) is 0 Å². The van der Waals surface area contributed by atoms with E-state index in [2.05, 4.69) is 4.98 Å². The summed E-state index contributed by atoms with van der Waals surface area (Å²) in [6.07, 6.45) is 2.08. The molecule has 0 unspecified atom stereocenters. The molecule has 2 N–H and O–H groups in total. The number of nitrogens with zero attached hydrogens (tertiary/aromatic N) is 4. The van der Waals surface area contributed by atoms with Gasteiger partial charge in [-0.15, -0.1) is 0 Å². The first-order valence-electron chi connectivity index (χ1n) is 9.56. The number of hydrogen-bond acceptors (Lipinski definition) is 5. The van der Waals surface area contributed by atoms with Crippen LogP contribution in [-0.2, 0) is 0 Å². The van der Waals surface area contributed by atoms with E-state index < -0.39 is 5.82 Å². The monoisotopic (exact) mass is 409 g/mol. The van der Waals surface area contributed by atoms with Crippen molar-refractivity contribution in [1.82, 2.24) is 19.5 Å². The fourth-order valence-electron chi connectivity index (χ4n) is 3.51. The highest BCUT2D eigenvalue weighted by atomic mass is 19.1. The molecule has 0 aliphatic heterocycles. The van der Waals surface area contributed by atoms with Gasteiger partial charge in [0.05, 0.1) is 22.5 Å². The van der Waals surface area contributed by atoms with Gasteiger partial charge in [0.15, 0.2) is 17.8 Å². The summed E-state index contributed by atoms with van der Waals surface area (Å²) in [6.45, 7) is 0. The Morgan fingerprint density at radius 2 is 1.77 bits per heavy atom. The Hall–Kier alpha value is -4.39. The van der Waals surface area contributed by atoms with Gasteiger partial charge in [0.1, 0.15) is 17.2 Å². The van der Waals surface area contributed by atoms with Crippen LogP contribution in [0.3, 0.4) is 0 Å². The average Bonchev–Trinajstić information content (AvgIpc) is 3.18. The molecular formula is C24H16FN5O. The summed E-state index contributed by atoms with van der Waals surface area (Å²) in [5.74, 6) is 0.155. The Morgan fingerprint density at radius 1 is 0.935 bits per heavy atom. The molecule has 0 fully saturated rings. The third kappa shape index (κ3) is 3.22. The molecule has 0 amide bonds. The second-order valence-electron chi connectivity index (χ2n) is 6.94. The number of halogens is 1. The summed E-state index contributed by atoms with van der Waals surface area (Å²) in [6, 6.07) is 21.4. The molecule has 3 heterocycles. The third-order valence-corrected chi connectivity index (χ3v) is 5.02. The summed E-state index contributed by atoms with van der Waals surface area (Å²) < 4.78 is 16.2. The van der Waals surface area contributed by atoms with Gasteiger partial charge in [-0.25, -0.2) is 19.3 Å². The number of aromatic nitrogens is 4. The third-order valence-electron chi connectivity index (χ3n) is 5.02. The molecule has 7 heteroatoms. The zero-order valence-electron chi connectivity index (χ0n) is 16.2. The van der Waals surface area contributed by atoms with Gasteiger partial charge < -0.3 is 5.73 Å². The Morgan fingerprint density at radius 3 is 2.52 bits per heavy atom. The highest BCUT2D eigenvalue weighted by Gasteiger charge is 2.19. The molecule has 2 aromatic carbocycles. The average molecular weight is 409 g/mol. The molecule has 0 spiro atoms. The van der Waals surface area contributed by atoms with E-state index in [1.165, 1.54) is 12.1 Å². The first kappa shape index (κ1) is 18.6. The Labute approximate surface area is 176 Å². The molecule has 0 aliphatic carbocycles.